The molecule has 5 heteroatoms. The monoisotopic (exact) mass is 369 g/mol. The van der Waals surface area contributed by atoms with E-state index in [0.717, 1.165) is 37.1 Å². The number of carbonyl (C=O) groups is 1. The molecule has 3 rings (SSSR count). The van der Waals surface area contributed by atoms with E-state index in [2.05, 4.69) is 40.3 Å². The van der Waals surface area contributed by atoms with Gasteiger partial charge in [0.25, 0.3) is 0 Å². The van der Waals surface area contributed by atoms with Gasteiger partial charge in [0, 0.05) is 24.5 Å². The summed E-state index contributed by atoms with van der Waals surface area (Å²) in [5.74, 6) is 1.20. The van der Waals surface area contributed by atoms with E-state index < -0.39 is 0 Å². The maximum atomic E-state index is 12.6. The smallest absolute Gasteiger partial charge is 0.233 e. The highest BCUT2D eigenvalue weighted by atomic mass is 32.2. The first-order chi connectivity index (χ1) is 12.5. The lowest BCUT2D eigenvalue weighted by Crippen LogP contribution is -2.40. The van der Waals surface area contributed by atoms with Crippen LogP contribution in [0.25, 0.3) is 0 Å². The maximum Gasteiger partial charge on any atom is 0.233 e. The summed E-state index contributed by atoms with van der Waals surface area (Å²) in [6, 6.07) is 13.0. The molecule has 1 aromatic heterocycles. The number of hydrogen-bond acceptors (Lipinski definition) is 4. The van der Waals surface area contributed by atoms with Crippen LogP contribution < -0.4 is 0 Å². The second-order valence-electron chi connectivity index (χ2n) is 7.14. The third kappa shape index (κ3) is 4.85. The first-order valence-corrected chi connectivity index (χ1v) is 10.3. The van der Waals surface area contributed by atoms with Crippen LogP contribution in [-0.4, -0.2) is 39.6 Å². The molecule has 0 saturated heterocycles. The number of thioether (sulfide) groups is 1. The van der Waals surface area contributed by atoms with Crippen LogP contribution >= 0.6 is 11.8 Å². The van der Waals surface area contributed by atoms with Crippen molar-refractivity contribution in [1.29, 1.82) is 0 Å². The van der Waals surface area contributed by atoms with Crippen molar-refractivity contribution in [2.75, 3.05) is 12.8 Å². The Morgan fingerprint density at radius 3 is 2.31 bits per heavy atom. The number of carbonyl (C=O) groups excluding carboxylic acids is 1. The first kappa shape index (κ1) is 18.9. The van der Waals surface area contributed by atoms with E-state index in [1.54, 1.807) is 0 Å². The molecule has 1 saturated carbocycles. The number of benzene rings is 1. The minimum absolute atomic E-state index is 0.168. The van der Waals surface area contributed by atoms with Crippen molar-refractivity contribution >= 4 is 17.7 Å². The Hall–Kier alpha value is -1.88. The Kier molecular flexibility index (Phi) is 6.30. The van der Waals surface area contributed by atoms with Gasteiger partial charge >= 0.3 is 0 Å². The van der Waals surface area contributed by atoms with Gasteiger partial charge in [-0.15, -0.1) is 0 Å². The Balaban J connectivity index is 1.50. The lowest BCUT2D eigenvalue weighted by Gasteiger charge is -2.35. The van der Waals surface area contributed by atoms with Gasteiger partial charge in [-0.05, 0) is 57.1 Å². The van der Waals surface area contributed by atoms with Crippen LogP contribution in [0, 0.1) is 13.8 Å². The van der Waals surface area contributed by atoms with Crippen molar-refractivity contribution in [3.05, 3.63) is 53.3 Å². The van der Waals surface area contributed by atoms with Crippen LogP contribution in [0.1, 0.15) is 48.6 Å². The van der Waals surface area contributed by atoms with Gasteiger partial charge in [0.1, 0.15) is 0 Å². The zero-order chi connectivity index (χ0) is 18.5. The summed E-state index contributed by atoms with van der Waals surface area (Å²) in [7, 11) is 1.94. The molecule has 0 bridgehead atoms. The molecule has 1 heterocycles. The first-order valence-electron chi connectivity index (χ1n) is 9.28. The van der Waals surface area contributed by atoms with Crippen molar-refractivity contribution in [3.8, 4) is 0 Å². The number of amides is 1. The average Bonchev–Trinajstić information content (AvgIpc) is 2.65. The zero-order valence-electron chi connectivity index (χ0n) is 15.8. The highest BCUT2D eigenvalue weighted by Crippen LogP contribution is 2.34. The van der Waals surface area contributed by atoms with E-state index in [9.17, 15) is 4.79 Å². The van der Waals surface area contributed by atoms with Gasteiger partial charge in [-0.2, -0.15) is 0 Å². The summed E-state index contributed by atoms with van der Waals surface area (Å²) in [6.07, 6.45) is 4.46. The van der Waals surface area contributed by atoms with Gasteiger partial charge in [0.2, 0.25) is 5.91 Å². The molecule has 26 heavy (non-hydrogen) atoms. The molecule has 0 unspecified atom stereocenters. The van der Waals surface area contributed by atoms with Crippen molar-refractivity contribution in [3.63, 3.8) is 0 Å². The Morgan fingerprint density at radius 1 is 1.08 bits per heavy atom. The van der Waals surface area contributed by atoms with Gasteiger partial charge in [-0.3, -0.25) is 4.79 Å². The van der Waals surface area contributed by atoms with Crippen molar-refractivity contribution in [2.45, 2.75) is 56.6 Å². The molecular formula is C21H27N3OS. The Morgan fingerprint density at radius 2 is 1.69 bits per heavy atom. The van der Waals surface area contributed by atoms with E-state index in [1.165, 1.54) is 17.3 Å². The molecule has 4 nitrogen and oxygen atoms in total. The molecule has 1 aliphatic carbocycles. The second-order valence-corrected chi connectivity index (χ2v) is 8.09. The average molecular weight is 370 g/mol. The molecule has 0 spiro atoms. The quantitative estimate of drug-likeness (QED) is 0.580. The van der Waals surface area contributed by atoms with Gasteiger partial charge < -0.3 is 4.90 Å². The molecule has 0 N–H and O–H groups in total. The second kappa shape index (κ2) is 8.67. The fourth-order valence-corrected chi connectivity index (χ4v) is 4.58. The summed E-state index contributed by atoms with van der Waals surface area (Å²) in [5.41, 5.74) is 3.32. The van der Waals surface area contributed by atoms with Crippen LogP contribution in [0.3, 0.4) is 0 Å². The van der Waals surface area contributed by atoms with Crippen LogP contribution in [0.4, 0.5) is 0 Å². The van der Waals surface area contributed by atoms with Crippen LogP contribution in [-0.2, 0) is 4.79 Å². The molecule has 0 atom stereocenters. The molecule has 138 valence electrons. The number of rotatable bonds is 5. The summed E-state index contributed by atoms with van der Waals surface area (Å²) in [4.78, 5) is 23.3. The lowest BCUT2D eigenvalue weighted by molar-refractivity contribution is -0.129. The molecule has 1 aliphatic rings. The van der Waals surface area contributed by atoms with Crippen molar-refractivity contribution in [2.24, 2.45) is 0 Å². The number of nitrogens with zero attached hydrogens (tertiary/aromatic N) is 3. The van der Waals surface area contributed by atoms with Gasteiger partial charge in [-0.1, -0.05) is 42.1 Å². The van der Waals surface area contributed by atoms with E-state index >= 15 is 0 Å². The maximum absolute atomic E-state index is 12.6. The highest BCUT2D eigenvalue weighted by Gasteiger charge is 2.27. The summed E-state index contributed by atoms with van der Waals surface area (Å²) in [6.45, 7) is 3.91. The van der Waals surface area contributed by atoms with Crippen LogP contribution in [0.2, 0.25) is 0 Å². The largest absolute Gasteiger partial charge is 0.342 e. The predicted molar refractivity (Wildman–Crippen MR) is 106 cm³/mol. The lowest BCUT2D eigenvalue weighted by atomic mass is 9.81. The van der Waals surface area contributed by atoms with E-state index in [4.69, 9.17) is 0 Å². The predicted octanol–water partition coefficient (Wildman–Crippen LogP) is 4.37. The number of aromatic nitrogens is 2. The zero-order valence-corrected chi connectivity index (χ0v) is 16.6. The minimum Gasteiger partial charge on any atom is -0.342 e. The normalized spacial score (nSPS) is 20.0. The molecule has 1 fully saturated rings. The fourth-order valence-electron chi connectivity index (χ4n) is 3.71. The van der Waals surface area contributed by atoms with Gasteiger partial charge in [0.15, 0.2) is 5.16 Å². The van der Waals surface area contributed by atoms with E-state index in [1.807, 2.05) is 31.9 Å². The molecular weight excluding hydrogens is 342 g/mol. The van der Waals surface area contributed by atoms with Gasteiger partial charge in [0.05, 0.1) is 5.75 Å². The van der Waals surface area contributed by atoms with Crippen molar-refractivity contribution < 1.29 is 4.79 Å². The summed E-state index contributed by atoms with van der Waals surface area (Å²) in [5, 5.41) is 0.692. The Labute approximate surface area is 160 Å². The van der Waals surface area contributed by atoms with Crippen LogP contribution in [0.15, 0.2) is 41.6 Å². The summed E-state index contributed by atoms with van der Waals surface area (Å²) < 4.78 is 0. The Bertz CT molecular complexity index is 722. The minimum atomic E-state index is 0.168. The third-order valence-electron chi connectivity index (χ3n) is 5.20. The SMILES string of the molecule is Cc1cc(C)nc(SCC(=O)N(C)C2CCC(c3ccccc3)CC2)n1. The fraction of sp³-hybridized carbons (Fsp3) is 0.476. The highest BCUT2D eigenvalue weighted by molar-refractivity contribution is 7.99. The molecule has 0 radical (unpaired) electrons. The standard InChI is InChI=1S/C21H27N3OS/c1-15-13-16(2)23-21(22-15)26-14-20(25)24(3)19-11-9-18(10-12-19)17-7-5-4-6-8-17/h4-8,13,18-19H,9-12,14H2,1-3H3. The van der Waals surface area contributed by atoms with E-state index in [0.29, 0.717) is 22.9 Å². The topological polar surface area (TPSA) is 46.1 Å². The number of hydrogen-bond donors (Lipinski definition) is 0. The molecule has 0 aliphatic heterocycles. The molecule has 1 aromatic carbocycles. The third-order valence-corrected chi connectivity index (χ3v) is 6.03. The van der Waals surface area contributed by atoms with Crippen LogP contribution in [0.5, 0.6) is 0 Å². The molecule has 1 amide bonds. The molecule has 2 aromatic rings. The van der Waals surface area contributed by atoms with Crippen molar-refractivity contribution in [1.82, 2.24) is 14.9 Å². The summed E-state index contributed by atoms with van der Waals surface area (Å²) >= 11 is 1.43. The van der Waals surface area contributed by atoms with E-state index in [-0.39, 0.29) is 5.91 Å². The van der Waals surface area contributed by atoms with Gasteiger partial charge in [-0.25, -0.2) is 9.97 Å². The number of aryl methyl sites for hydroxylation is 2.